The average Bonchev–Trinajstić information content (AvgIpc) is 3.40. The quantitative estimate of drug-likeness (QED) is 0.280. The number of hydrogen-bond acceptors (Lipinski definition) is 5. The highest BCUT2D eigenvalue weighted by Gasteiger charge is 2.25. The standard InChI is InChI=1S/C29H37N2O2S2/c1-5-10-24(32)20-14-16-22-26(18-20)34-28(30(22)7-3)12-9-13-29-31(8-4)23-17-15-21(19-27(23)35-29)25(33)11-6-2/h9,12-19,24-25,32-33H,5-8,10-11H2,1-4H3/q+1. The number of anilines is 1. The van der Waals surface area contributed by atoms with Gasteiger partial charge in [-0.3, -0.25) is 0 Å². The van der Waals surface area contributed by atoms with E-state index in [0.717, 1.165) is 49.9 Å². The molecule has 1 aromatic heterocycles. The summed E-state index contributed by atoms with van der Waals surface area (Å²) in [6.07, 6.45) is 9.26. The Morgan fingerprint density at radius 2 is 1.63 bits per heavy atom. The maximum atomic E-state index is 10.4. The first kappa shape index (κ1) is 26.0. The number of fused-ring (bicyclic) bond motifs is 2. The minimum atomic E-state index is -0.394. The molecule has 0 saturated carbocycles. The number of benzene rings is 2. The summed E-state index contributed by atoms with van der Waals surface area (Å²) in [6, 6.07) is 12.7. The van der Waals surface area contributed by atoms with Crippen LogP contribution in [0.5, 0.6) is 0 Å². The van der Waals surface area contributed by atoms with E-state index in [4.69, 9.17) is 0 Å². The highest BCUT2D eigenvalue weighted by Crippen LogP contribution is 2.47. The maximum Gasteiger partial charge on any atom is 0.262 e. The largest absolute Gasteiger partial charge is 0.388 e. The molecule has 0 fully saturated rings. The van der Waals surface area contributed by atoms with Gasteiger partial charge < -0.3 is 15.1 Å². The predicted octanol–water partition coefficient (Wildman–Crippen LogP) is 7.36. The molecule has 0 spiro atoms. The predicted molar refractivity (Wildman–Crippen MR) is 150 cm³/mol. The second-order valence-electron chi connectivity index (χ2n) is 8.96. The second kappa shape index (κ2) is 11.7. The van der Waals surface area contributed by atoms with E-state index in [1.54, 1.807) is 23.1 Å². The molecule has 4 nitrogen and oxygen atoms in total. The first-order valence-electron chi connectivity index (χ1n) is 12.8. The molecule has 4 rings (SSSR count). The van der Waals surface area contributed by atoms with Crippen molar-refractivity contribution >= 4 is 45.1 Å². The summed E-state index contributed by atoms with van der Waals surface area (Å²) in [4.78, 5) is 3.54. The minimum Gasteiger partial charge on any atom is -0.388 e. The summed E-state index contributed by atoms with van der Waals surface area (Å²) < 4.78 is 3.54. The van der Waals surface area contributed by atoms with Gasteiger partial charge in [0.15, 0.2) is 0 Å². The zero-order valence-electron chi connectivity index (χ0n) is 21.2. The van der Waals surface area contributed by atoms with Crippen molar-refractivity contribution in [1.82, 2.24) is 0 Å². The zero-order valence-corrected chi connectivity index (χ0v) is 22.8. The van der Waals surface area contributed by atoms with Crippen LogP contribution < -0.4 is 9.47 Å². The molecule has 1 aliphatic heterocycles. The fraction of sp³-hybridized carbons (Fsp3) is 0.414. The van der Waals surface area contributed by atoms with E-state index in [9.17, 15) is 10.2 Å². The van der Waals surface area contributed by atoms with Crippen LogP contribution in [0, 0.1) is 0 Å². The zero-order chi connectivity index (χ0) is 24.9. The summed E-state index contributed by atoms with van der Waals surface area (Å²) in [5, 5.41) is 23.3. The van der Waals surface area contributed by atoms with Crippen LogP contribution in [0.4, 0.5) is 5.69 Å². The molecule has 3 aromatic rings. The smallest absolute Gasteiger partial charge is 0.262 e. The second-order valence-corrected chi connectivity index (χ2v) is 11.1. The molecule has 6 heteroatoms. The Morgan fingerprint density at radius 1 is 0.943 bits per heavy atom. The van der Waals surface area contributed by atoms with Gasteiger partial charge in [0.1, 0.15) is 11.2 Å². The number of thiazole rings is 1. The lowest BCUT2D eigenvalue weighted by Gasteiger charge is -2.18. The fourth-order valence-corrected chi connectivity index (χ4v) is 7.03. The van der Waals surface area contributed by atoms with Gasteiger partial charge in [-0.1, -0.05) is 61.9 Å². The van der Waals surface area contributed by atoms with Crippen LogP contribution >= 0.6 is 23.1 Å². The molecule has 186 valence electrons. The number of allylic oxidation sites excluding steroid dienone is 2. The summed E-state index contributed by atoms with van der Waals surface area (Å²) >= 11 is 3.54. The summed E-state index contributed by atoms with van der Waals surface area (Å²) in [5.41, 5.74) is 4.44. The molecule has 2 unspecified atom stereocenters. The molecule has 0 bridgehead atoms. The van der Waals surface area contributed by atoms with Crippen molar-refractivity contribution in [3.8, 4) is 0 Å². The first-order chi connectivity index (χ1) is 17.0. The Bertz CT molecular complexity index is 1230. The number of rotatable bonds is 10. The molecule has 0 radical (unpaired) electrons. The number of thioether (sulfide) groups is 1. The van der Waals surface area contributed by atoms with E-state index < -0.39 is 12.2 Å². The SMILES string of the molecule is CCCC(O)c1ccc2c(c1)SC(=CC=Cc1sc3cc(C(O)CCC)ccc3[n+]1CC)N2CC. The molecule has 0 aliphatic carbocycles. The number of hydrogen-bond donors (Lipinski definition) is 2. The minimum absolute atomic E-state index is 0.394. The molecule has 1 aliphatic rings. The van der Waals surface area contributed by atoms with Crippen LogP contribution in [0.3, 0.4) is 0 Å². The van der Waals surface area contributed by atoms with Crippen LogP contribution in [0.2, 0.25) is 0 Å². The lowest BCUT2D eigenvalue weighted by Crippen LogP contribution is -2.33. The fourth-order valence-electron chi connectivity index (χ4n) is 4.65. The van der Waals surface area contributed by atoms with Crippen molar-refractivity contribution in [3.05, 3.63) is 69.7 Å². The third kappa shape index (κ3) is 5.51. The lowest BCUT2D eigenvalue weighted by molar-refractivity contribution is -0.665. The van der Waals surface area contributed by atoms with Gasteiger partial charge in [-0.05, 0) is 68.2 Å². The molecular formula is C29H37N2O2S2+. The Balaban J connectivity index is 1.58. The van der Waals surface area contributed by atoms with Crippen molar-refractivity contribution in [2.45, 2.75) is 77.0 Å². The lowest BCUT2D eigenvalue weighted by atomic mass is 10.0. The maximum absolute atomic E-state index is 10.4. The van der Waals surface area contributed by atoms with Crippen molar-refractivity contribution < 1.29 is 14.8 Å². The van der Waals surface area contributed by atoms with E-state index in [1.807, 2.05) is 0 Å². The van der Waals surface area contributed by atoms with Crippen LogP contribution in [0.25, 0.3) is 16.3 Å². The van der Waals surface area contributed by atoms with Gasteiger partial charge in [0.25, 0.3) is 5.01 Å². The van der Waals surface area contributed by atoms with Crippen molar-refractivity contribution in [2.75, 3.05) is 11.4 Å². The van der Waals surface area contributed by atoms with Crippen LogP contribution in [0.15, 0.2) is 58.5 Å². The van der Waals surface area contributed by atoms with E-state index in [1.165, 1.54) is 30.8 Å². The average molecular weight is 510 g/mol. The van der Waals surface area contributed by atoms with Gasteiger partial charge >= 0.3 is 0 Å². The molecule has 2 heterocycles. The number of aliphatic hydroxyl groups excluding tert-OH is 2. The van der Waals surface area contributed by atoms with Gasteiger partial charge in [0, 0.05) is 23.6 Å². The van der Waals surface area contributed by atoms with Gasteiger partial charge in [-0.15, -0.1) is 0 Å². The topological polar surface area (TPSA) is 47.6 Å². The van der Waals surface area contributed by atoms with E-state index in [2.05, 4.69) is 91.8 Å². The van der Waals surface area contributed by atoms with E-state index in [-0.39, 0.29) is 0 Å². The number of nitrogens with zero attached hydrogens (tertiary/aromatic N) is 2. The van der Waals surface area contributed by atoms with E-state index >= 15 is 0 Å². The van der Waals surface area contributed by atoms with Gasteiger partial charge in [0.2, 0.25) is 5.52 Å². The Kier molecular flexibility index (Phi) is 8.71. The summed E-state index contributed by atoms with van der Waals surface area (Å²) in [6.45, 7) is 10.4. The Labute approximate surface area is 217 Å². The molecule has 0 amide bonds. The van der Waals surface area contributed by atoms with Gasteiger partial charge in [0.05, 0.1) is 22.9 Å². The van der Waals surface area contributed by atoms with Crippen LogP contribution in [0.1, 0.15) is 81.7 Å². The highest BCUT2D eigenvalue weighted by atomic mass is 32.2. The first-order valence-corrected chi connectivity index (χ1v) is 14.4. The van der Waals surface area contributed by atoms with Crippen molar-refractivity contribution in [2.24, 2.45) is 0 Å². The third-order valence-corrected chi connectivity index (χ3v) is 8.74. The number of aromatic nitrogens is 1. The Hall–Kier alpha value is -2.12. The number of aliphatic hydroxyl groups is 2. The van der Waals surface area contributed by atoms with Crippen molar-refractivity contribution in [1.29, 1.82) is 0 Å². The molecule has 2 atom stereocenters. The summed E-state index contributed by atoms with van der Waals surface area (Å²) in [7, 11) is 0. The van der Waals surface area contributed by atoms with Gasteiger partial charge in [-0.25, -0.2) is 0 Å². The van der Waals surface area contributed by atoms with Gasteiger partial charge in [-0.2, -0.15) is 4.57 Å². The normalized spacial score (nSPS) is 16.5. The third-order valence-electron chi connectivity index (χ3n) is 6.51. The Morgan fingerprint density at radius 3 is 2.29 bits per heavy atom. The highest BCUT2D eigenvalue weighted by molar-refractivity contribution is 8.03. The molecular weight excluding hydrogens is 472 g/mol. The molecule has 2 aromatic carbocycles. The van der Waals surface area contributed by atoms with Crippen LogP contribution in [-0.4, -0.2) is 16.8 Å². The molecule has 0 saturated heterocycles. The van der Waals surface area contributed by atoms with E-state index in [0.29, 0.717) is 0 Å². The van der Waals surface area contributed by atoms with Crippen LogP contribution in [-0.2, 0) is 6.54 Å². The molecule has 35 heavy (non-hydrogen) atoms. The number of aryl methyl sites for hydroxylation is 1. The monoisotopic (exact) mass is 509 g/mol. The molecule has 2 N–H and O–H groups in total. The summed E-state index contributed by atoms with van der Waals surface area (Å²) in [5.74, 6) is 0. The van der Waals surface area contributed by atoms with Crippen molar-refractivity contribution in [3.63, 3.8) is 0 Å².